The average Bonchev–Trinajstić information content (AvgIpc) is 3.12. The zero-order valence-electron chi connectivity index (χ0n) is 16.3. The van der Waals surface area contributed by atoms with Crippen LogP contribution in [0.5, 0.6) is 0 Å². The van der Waals surface area contributed by atoms with E-state index in [1.807, 2.05) is 13.8 Å². The summed E-state index contributed by atoms with van der Waals surface area (Å²) in [4.78, 5) is 24.7. The summed E-state index contributed by atoms with van der Waals surface area (Å²) >= 11 is 11.9. The van der Waals surface area contributed by atoms with E-state index in [1.54, 1.807) is 6.07 Å². The van der Waals surface area contributed by atoms with Crippen LogP contribution in [0.1, 0.15) is 30.6 Å². The molecule has 1 heterocycles. The van der Waals surface area contributed by atoms with Crippen LogP contribution in [0.3, 0.4) is 0 Å². The van der Waals surface area contributed by atoms with E-state index < -0.39 is 43.7 Å². The topological polar surface area (TPSA) is 117 Å². The average molecular weight is 447 g/mol. The lowest BCUT2D eigenvalue weighted by Crippen LogP contribution is -2.52. The molecule has 29 heavy (non-hydrogen) atoms. The van der Waals surface area contributed by atoms with Crippen LogP contribution in [0, 0.1) is 5.92 Å². The molecule has 4 N–H and O–H groups in total. The Morgan fingerprint density at radius 2 is 1.97 bits per heavy atom. The Hall–Kier alpha value is -1.36. The van der Waals surface area contributed by atoms with Gasteiger partial charge in [0.05, 0.1) is 42.9 Å². The Balaban J connectivity index is 1.96. The molecule has 1 atom stereocenters. The quantitative estimate of drug-likeness (QED) is 0.421. The molecule has 1 aliphatic rings. The first-order valence-electron chi connectivity index (χ1n) is 9.23. The van der Waals surface area contributed by atoms with Crippen LogP contribution >= 0.6 is 23.2 Å². The molecule has 160 valence electrons. The zero-order chi connectivity index (χ0) is 21.6. The minimum absolute atomic E-state index is 0.0130. The molecule has 1 aliphatic heterocycles. The second-order valence-electron chi connectivity index (χ2n) is 7.41. The lowest BCUT2D eigenvalue weighted by atomic mass is 9.74. The van der Waals surface area contributed by atoms with Crippen LogP contribution in [0.15, 0.2) is 18.2 Å². The molecule has 0 saturated carbocycles. The highest BCUT2D eigenvalue weighted by Gasteiger charge is 2.47. The van der Waals surface area contributed by atoms with Crippen molar-refractivity contribution in [1.29, 1.82) is 0 Å². The van der Waals surface area contributed by atoms with Gasteiger partial charge in [-0.25, -0.2) is 0 Å². The maximum absolute atomic E-state index is 12.4. The first kappa shape index (κ1) is 23.9. The van der Waals surface area contributed by atoms with Gasteiger partial charge in [-0.2, -0.15) is 0 Å². The molecule has 1 aromatic carbocycles. The molecule has 1 saturated heterocycles. The zero-order valence-corrected chi connectivity index (χ0v) is 17.8. The van der Waals surface area contributed by atoms with Crippen molar-refractivity contribution >= 4 is 42.1 Å². The number of aliphatic hydroxyl groups is 2. The van der Waals surface area contributed by atoms with E-state index in [4.69, 9.17) is 32.5 Å². The van der Waals surface area contributed by atoms with Gasteiger partial charge in [-0.05, 0) is 30.5 Å². The molecule has 1 aromatic rings. The largest absolute Gasteiger partial charge is 0.481 e. The Labute approximate surface area is 180 Å². The van der Waals surface area contributed by atoms with Crippen LogP contribution < -0.4 is 10.6 Å². The molecule has 0 spiro atoms. The number of hydrogen-bond acceptors (Lipinski definition) is 6. The van der Waals surface area contributed by atoms with Gasteiger partial charge in [-0.1, -0.05) is 37.0 Å². The number of carbonyl (C=O) groups is 2. The van der Waals surface area contributed by atoms with Crippen LogP contribution in [-0.2, 0) is 14.1 Å². The van der Waals surface area contributed by atoms with Crippen LogP contribution in [-0.4, -0.2) is 67.1 Å². The van der Waals surface area contributed by atoms with Crippen LogP contribution in [0.2, 0.25) is 10.0 Å². The highest BCUT2D eigenvalue weighted by atomic mass is 35.5. The molecule has 2 rings (SSSR count). The minimum Gasteiger partial charge on any atom is -0.407 e. The summed E-state index contributed by atoms with van der Waals surface area (Å²) in [5.41, 5.74) is -1.02. The van der Waals surface area contributed by atoms with E-state index in [9.17, 15) is 19.8 Å². The highest BCUT2D eigenvalue weighted by Crippen LogP contribution is 2.24. The second-order valence-corrected chi connectivity index (χ2v) is 8.25. The van der Waals surface area contributed by atoms with Crippen molar-refractivity contribution in [2.45, 2.75) is 31.8 Å². The van der Waals surface area contributed by atoms with Gasteiger partial charge in [0.25, 0.3) is 5.91 Å². The van der Waals surface area contributed by atoms with Crippen molar-refractivity contribution in [3.05, 3.63) is 33.8 Å². The monoisotopic (exact) mass is 446 g/mol. The molecular formula is C18H25BCl2N2O6. The lowest BCUT2D eigenvalue weighted by Gasteiger charge is -2.26. The number of amides is 2. The van der Waals surface area contributed by atoms with E-state index in [0.717, 1.165) is 0 Å². The fourth-order valence-corrected chi connectivity index (χ4v) is 3.27. The summed E-state index contributed by atoms with van der Waals surface area (Å²) in [5, 5.41) is 24.8. The predicted molar refractivity (Wildman–Crippen MR) is 110 cm³/mol. The van der Waals surface area contributed by atoms with Gasteiger partial charge in [0.1, 0.15) is 5.60 Å². The Morgan fingerprint density at radius 3 is 2.55 bits per heavy atom. The molecule has 0 aromatic heterocycles. The first-order valence-corrected chi connectivity index (χ1v) is 9.99. The number of halogens is 2. The summed E-state index contributed by atoms with van der Waals surface area (Å²) in [7, 11) is -0.821. The van der Waals surface area contributed by atoms with Gasteiger partial charge < -0.3 is 30.2 Å². The van der Waals surface area contributed by atoms with E-state index in [1.165, 1.54) is 12.1 Å². The van der Waals surface area contributed by atoms with Gasteiger partial charge in [0.2, 0.25) is 5.91 Å². The van der Waals surface area contributed by atoms with Crippen LogP contribution in [0.25, 0.3) is 0 Å². The summed E-state index contributed by atoms with van der Waals surface area (Å²) < 4.78 is 11.2. The van der Waals surface area contributed by atoms with Crippen LogP contribution in [0.4, 0.5) is 0 Å². The van der Waals surface area contributed by atoms with Crippen molar-refractivity contribution in [1.82, 2.24) is 10.6 Å². The molecule has 8 nitrogen and oxygen atoms in total. The summed E-state index contributed by atoms with van der Waals surface area (Å²) in [6, 6.07) is 4.48. The number of aliphatic hydroxyl groups excluding tert-OH is 2. The predicted octanol–water partition coefficient (Wildman–Crippen LogP) is 1.05. The second kappa shape index (κ2) is 10.6. The van der Waals surface area contributed by atoms with E-state index in [-0.39, 0.29) is 29.7 Å². The fourth-order valence-electron chi connectivity index (χ4n) is 2.89. The fraction of sp³-hybridized carbons (Fsp3) is 0.556. The SMILES string of the molecule is CC(C)C[C@H](NC(=O)CNC(=O)c1cc(Cl)ccc1Cl)B1OCC(CO)(CO)O1. The molecule has 1 fully saturated rings. The normalized spacial score (nSPS) is 16.7. The third kappa shape index (κ3) is 6.57. The van der Waals surface area contributed by atoms with Crippen molar-refractivity contribution in [2.75, 3.05) is 26.4 Å². The Bertz CT molecular complexity index is 732. The molecule has 0 bridgehead atoms. The van der Waals surface area contributed by atoms with E-state index in [0.29, 0.717) is 11.4 Å². The number of carbonyl (C=O) groups excluding carboxylic acids is 2. The molecule has 0 radical (unpaired) electrons. The van der Waals surface area contributed by atoms with Gasteiger partial charge in [-0.15, -0.1) is 0 Å². The smallest absolute Gasteiger partial charge is 0.407 e. The van der Waals surface area contributed by atoms with E-state index in [2.05, 4.69) is 10.6 Å². The number of hydrogen-bond donors (Lipinski definition) is 4. The molecule has 11 heteroatoms. The summed E-state index contributed by atoms with van der Waals surface area (Å²) in [6.45, 7) is 2.87. The third-order valence-corrected chi connectivity index (χ3v) is 5.00. The Morgan fingerprint density at radius 1 is 1.28 bits per heavy atom. The summed E-state index contributed by atoms with van der Waals surface area (Å²) in [5.74, 6) is -1.28. The van der Waals surface area contributed by atoms with E-state index >= 15 is 0 Å². The third-order valence-electron chi connectivity index (χ3n) is 4.44. The lowest BCUT2D eigenvalue weighted by molar-refractivity contribution is -0.120. The van der Waals surface area contributed by atoms with Crippen molar-refractivity contribution in [3.8, 4) is 0 Å². The van der Waals surface area contributed by atoms with Crippen molar-refractivity contribution in [2.24, 2.45) is 5.92 Å². The van der Waals surface area contributed by atoms with Gasteiger partial charge in [0.15, 0.2) is 0 Å². The van der Waals surface area contributed by atoms with Crippen molar-refractivity contribution < 1.29 is 29.1 Å². The molecular weight excluding hydrogens is 422 g/mol. The standard InChI is InChI=1S/C18H25BCl2N2O6/c1-11(2)5-15(19-28-10-18(8-24,9-25)29-19)23-16(26)7-22-17(27)13-6-12(20)3-4-14(13)21/h3-4,6,11,15,24-25H,5,7-10H2,1-2H3,(H,22,27)(H,23,26)/t15-/m0/s1. The molecule has 0 unspecified atom stereocenters. The van der Waals surface area contributed by atoms with Gasteiger partial charge in [0, 0.05) is 5.02 Å². The van der Waals surface area contributed by atoms with Gasteiger partial charge >= 0.3 is 7.12 Å². The number of nitrogens with one attached hydrogen (secondary N) is 2. The number of benzene rings is 1. The molecule has 0 aliphatic carbocycles. The highest BCUT2D eigenvalue weighted by molar-refractivity contribution is 6.47. The molecule has 2 amide bonds. The maximum atomic E-state index is 12.4. The minimum atomic E-state index is -1.19. The Kier molecular flexibility index (Phi) is 8.75. The maximum Gasteiger partial charge on any atom is 0.481 e. The van der Waals surface area contributed by atoms with Gasteiger partial charge in [-0.3, -0.25) is 9.59 Å². The number of rotatable bonds is 9. The summed E-state index contributed by atoms with van der Waals surface area (Å²) in [6.07, 6.45) is 0.539. The first-order chi connectivity index (χ1) is 13.7. The van der Waals surface area contributed by atoms with Crippen molar-refractivity contribution in [3.63, 3.8) is 0 Å².